The summed E-state index contributed by atoms with van der Waals surface area (Å²) in [5, 5.41) is 6.68. The van der Waals surface area contributed by atoms with Gasteiger partial charge in [0.2, 0.25) is 0 Å². The van der Waals surface area contributed by atoms with Crippen molar-refractivity contribution in [2.75, 3.05) is 10.6 Å². The van der Waals surface area contributed by atoms with Gasteiger partial charge in [0.1, 0.15) is 5.82 Å². The molecule has 24 heavy (non-hydrogen) atoms. The van der Waals surface area contributed by atoms with Crippen LogP contribution >= 0.6 is 11.6 Å². The number of pyridine rings is 1. The zero-order chi connectivity index (χ0) is 16.9. The molecule has 0 fully saturated rings. The van der Waals surface area contributed by atoms with Crippen LogP contribution in [0.5, 0.6) is 0 Å². The lowest BCUT2D eigenvalue weighted by atomic mass is 10.2. The van der Waals surface area contributed by atoms with Crippen LogP contribution in [-0.2, 0) is 0 Å². The molecule has 120 valence electrons. The Morgan fingerprint density at radius 2 is 1.62 bits per heavy atom. The molecule has 0 saturated heterocycles. The van der Waals surface area contributed by atoms with Crippen LogP contribution in [0.3, 0.4) is 0 Å². The number of carbonyl (C=O) groups is 1. The molecule has 1 heterocycles. The second kappa shape index (κ2) is 7.15. The molecule has 0 bridgehead atoms. The van der Waals surface area contributed by atoms with Crippen molar-refractivity contribution in [3.8, 4) is 0 Å². The summed E-state index contributed by atoms with van der Waals surface area (Å²) in [4.78, 5) is 16.8. The molecule has 2 N–H and O–H groups in total. The van der Waals surface area contributed by atoms with Crippen LogP contribution in [-0.4, -0.2) is 10.9 Å². The number of aromatic nitrogens is 1. The standard InChI is InChI=1S/C19H16ClN3O/c1-13-4-8-16(9-5-13)23-19(24)17-3-2-12-21-18(17)22-15-10-6-14(20)7-11-15/h2-12H,1H3,(H,21,22)(H,23,24). The molecule has 5 heteroatoms. The number of benzene rings is 2. The van der Waals surface area contributed by atoms with Crippen LogP contribution in [0.15, 0.2) is 66.9 Å². The Hall–Kier alpha value is -2.85. The van der Waals surface area contributed by atoms with E-state index in [1.807, 2.05) is 43.3 Å². The minimum absolute atomic E-state index is 0.219. The minimum atomic E-state index is -0.219. The molecule has 0 aliphatic heterocycles. The van der Waals surface area contributed by atoms with E-state index in [4.69, 9.17) is 11.6 Å². The Morgan fingerprint density at radius 1 is 0.958 bits per heavy atom. The van der Waals surface area contributed by atoms with E-state index >= 15 is 0 Å². The number of rotatable bonds is 4. The quantitative estimate of drug-likeness (QED) is 0.701. The zero-order valence-corrected chi connectivity index (χ0v) is 13.8. The molecule has 1 amide bonds. The van der Waals surface area contributed by atoms with Crippen molar-refractivity contribution in [2.24, 2.45) is 0 Å². The van der Waals surface area contributed by atoms with Gasteiger partial charge in [-0.25, -0.2) is 4.98 Å². The Bertz CT molecular complexity index is 845. The Labute approximate surface area is 145 Å². The van der Waals surface area contributed by atoms with Crippen molar-refractivity contribution in [1.82, 2.24) is 4.98 Å². The summed E-state index contributed by atoms with van der Waals surface area (Å²) in [5.41, 5.74) is 3.15. The first-order chi connectivity index (χ1) is 11.6. The van der Waals surface area contributed by atoms with Crippen molar-refractivity contribution >= 4 is 34.7 Å². The van der Waals surface area contributed by atoms with Crippen LogP contribution in [0.4, 0.5) is 17.2 Å². The molecular formula is C19H16ClN3O. The molecule has 0 atom stereocenters. The average Bonchev–Trinajstić information content (AvgIpc) is 2.59. The molecule has 0 aliphatic carbocycles. The molecule has 1 aromatic heterocycles. The minimum Gasteiger partial charge on any atom is -0.340 e. The number of anilines is 3. The first-order valence-corrected chi connectivity index (χ1v) is 7.85. The van der Waals surface area contributed by atoms with Gasteiger partial charge in [0, 0.05) is 22.6 Å². The predicted molar refractivity (Wildman–Crippen MR) is 98.1 cm³/mol. The van der Waals surface area contributed by atoms with E-state index in [1.165, 1.54) is 0 Å². The van der Waals surface area contributed by atoms with Crippen LogP contribution in [0.1, 0.15) is 15.9 Å². The fourth-order valence-corrected chi connectivity index (χ4v) is 2.32. The van der Waals surface area contributed by atoms with Gasteiger partial charge in [0.25, 0.3) is 5.91 Å². The van der Waals surface area contributed by atoms with Crippen LogP contribution in [0.2, 0.25) is 5.02 Å². The molecular weight excluding hydrogens is 322 g/mol. The third kappa shape index (κ3) is 3.91. The maximum atomic E-state index is 12.6. The Balaban J connectivity index is 1.81. The third-order valence-electron chi connectivity index (χ3n) is 3.47. The highest BCUT2D eigenvalue weighted by Gasteiger charge is 2.12. The lowest BCUT2D eigenvalue weighted by Gasteiger charge is -2.11. The maximum absolute atomic E-state index is 12.6. The number of nitrogens with zero attached hydrogens (tertiary/aromatic N) is 1. The summed E-state index contributed by atoms with van der Waals surface area (Å²) < 4.78 is 0. The molecule has 3 rings (SSSR count). The van der Waals surface area contributed by atoms with Gasteiger partial charge < -0.3 is 10.6 Å². The lowest BCUT2D eigenvalue weighted by molar-refractivity contribution is 0.102. The van der Waals surface area contributed by atoms with Gasteiger partial charge in [-0.2, -0.15) is 0 Å². The smallest absolute Gasteiger partial charge is 0.259 e. The van der Waals surface area contributed by atoms with E-state index < -0.39 is 0 Å². The van der Waals surface area contributed by atoms with E-state index in [-0.39, 0.29) is 5.91 Å². The van der Waals surface area contributed by atoms with Gasteiger partial charge in [0.15, 0.2) is 0 Å². The summed E-state index contributed by atoms with van der Waals surface area (Å²) in [6.07, 6.45) is 1.64. The van der Waals surface area contributed by atoms with E-state index in [9.17, 15) is 4.79 Å². The van der Waals surface area contributed by atoms with Crippen LogP contribution in [0.25, 0.3) is 0 Å². The molecule has 3 aromatic rings. The Kier molecular flexibility index (Phi) is 4.77. The van der Waals surface area contributed by atoms with Crippen molar-refractivity contribution < 1.29 is 4.79 Å². The normalized spacial score (nSPS) is 10.2. The average molecular weight is 338 g/mol. The Morgan fingerprint density at radius 3 is 2.33 bits per heavy atom. The lowest BCUT2D eigenvalue weighted by Crippen LogP contribution is -2.14. The second-order valence-electron chi connectivity index (χ2n) is 5.35. The van der Waals surface area contributed by atoms with E-state index in [2.05, 4.69) is 15.6 Å². The number of amides is 1. The number of hydrogen-bond donors (Lipinski definition) is 2. The van der Waals surface area contributed by atoms with Crippen molar-refractivity contribution in [3.05, 3.63) is 83.0 Å². The number of carbonyl (C=O) groups excluding carboxylic acids is 1. The highest BCUT2D eigenvalue weighted by molar-refractivity contribution is 6.30. The van der Waals surface area contributed by atoms with Gasteiger partial charge in [0.05, 0.1) is 5.56 Å². The molecule has 4 nitrogen and oxygen atoms in total. The number of nitrogens with one attached hydrogen (secondary N) is 2. The second-order valence-corrected chi connectivity index (χ2v) is 5.79. The summed E-state index contributed by atoms with van der Waals surface area (Å²) >= 11 is 5.89. The van der Waals surface area contributed by atoms with Crippen LogP contribution in [0, 0.1) is 6.92 Å². The first-order valence-electron chi connectivity index (χ1n) is 7.47. The van der Waals surface area contributed by atoms with Crippen molar-refractivity contribution in [1.29, 1.82) is 0 Å². The predicted octanol–water partition coefficient (Wildman–Crippen LogP) is 5.04. The van der Waals surface area contributed by atoms with E-state index in [0.29, 0.717) is 16.4 Å². The fourth-order valence-electron chi connectivity index (χ4n) is 2.19. The van der Waals surface area contributed by atoms with Gasteiger partial charge in [-0.1, -0.05) is 29.3 Å². The largest absolute Gasteiger partial charge is 0.340 e. The maximum Gasteiger partial charge on any atom is 0.259 e. The fraction of sp³-hybridized carbons (Fsp3) is 0.0526. The van der Waals surface area contributed by atoms with Gasteiger partial charge in [-0.15, -0.1) is 0 Å². The molecule has 0 spiro atoms. The van der Waals surface area contributed by atoms with Gasteiger partial charge in [-0.3, -0.25) is 4.79 Å². The summed E-state index contributed by atoms with van der Waals surface area (Å²) in [6, 6.07) is 18.3. The van der Waals surface area contributed by atoms with Gasteiger partial charge >= 0.3 is 0 Å². The van der Waals surface area contributed by atoms with E-state index in [1.54, 1.807) is 30.5 Å². The van der Waals surface area contributed by atoms with E-state index in [0.717, 1.165) is 16.9 Å². The number of aryl methyl sites for hydroxylation is 1. The molecule has 0 aliphatic rings. The molecule has 0 radical (unpaired) electrons. The molecule has 2 aromatic carbocycles. The summed E-state index contributed by atoms with van der Waals surface area (Å²) in [5.74, 6) is 0.271. The topological polar surface area (TPSA) is 54.0 Å². The monoisotopic (exact) mass is 337 g/mol. The highest BCUT2D eigenvalue weighted by Crippen LogP contribution is 2.21. The number of hydrogen-bond acceptors (Lipinski definition) is 3. The third-order valence-corrected chi connectivity index (χ3v) is 3.72. The van der Waals surface area contributed by atoms with Crippen LogP contribution < -0.4 is 10.6 Å². The number of halogens is 1. The highest BCUT2D eigenvalue weighted by atomic mass is 35.5. The molecule has 0 unspecified atom stereocenters. The first kappa shape index (κ1) is 16.0. The van der Waals surface area contributed by atoms with Crippen molar-refractivity contribution in [3.63, 3.8) is 0 Å². The van der Waals surface area contributed by atoms with Gasteiger partial charge in [-0.05, 0) is 55.5 Å². The zero-order valence-electron chi connectivity index (χ0n) is 13.1. The summed E-state index contributed by atoms with van der Waals surface area (Å²) in [7, 11) is 0. The molecule has 0 saturated carbocycles. The summed E-state index contributed by atoms with van der Waals surface area (Å²) in [6.45, 7) is 2.00. The SMILES string of the molecule is Cc1ccc(NC(=O)c2cccnc2Nc2ccc(Cl)cc2)cc1. The van der Waals surface area contributed by atoms with Crippen molar-refractivity contribution in [2.45, 2.75) is 6.92 Å².